The minimum Gasteiger partial charge on any atom is -0.0616 e. The number of hydrogen-bond acceptors (Lipinski definition) is 0. The summed E-state index contributed by atoms with van der Waals surface area (Å²) in [4.78, 5) is 0. The lowest BCUT2D eigenvalue weighted by molar-refractivity contribution is 1.46. The van der Waals surface area contributed by atoms with Gasteiger partial charge in [-0.05, 0) is 80.6 Å². The maximum absolute atomic E-state index is 2.33. The van der Waals surface area contributed by atoms with E-state index in [1.54, 1.807) is 0 Å². The summed E-state index contributed by atoms with van der Waals surface area (Å²) in [5.41, 5.74) is 7.44. The van der Waals surface area contributed by atoms with Crippen molar-refractivity contribution < 1.29 is 0 Å². The molecule has 6 aromatic carbocycles. The van der Waals surface area contributed by atoms with Crippen molar-refractivity contribution in [1.82, 2.24) is 0 Å². The molecule has 0 bridgehead atoms. The Kier molecular flexibility index (Phi) is 5.71. The van der Waals surface area contributed by atoms with Gasteiger partial charge in [-0.3, -0.25) is 0 Å². The van der Waals surface area contributed by atoms with Crippen molar-refractivity contribution in [3.05, 3.63) is 143 Å². The molecule has 0 nitrogen and oxygen atoms in total. The van der Waals surface area contributed by atoms with Crippen molar-refractivity contribution in [3.63, 3.8) is 0 Å². The zero-order valence-corrected chi connectivity index (χ0v) is 20.7. The van der Waals surface area contributed by atoms with Gasteiger partial charge in [-0.2, -0.15) is 0 Å². The molecule has 0 fully saturated rings. The molecule has 6 rings (SSSR count). The van der Waals surface area contributed by atoms with Crippen LogP contribution >= 0.6 is 0 Å². The second-order valence-electron chi connectivity index (χ2n) is 9.65. The zero-order chi connectivity index (χ0) is 24.5. The van der Waals surface area contributed by atoms with Gasteiger partial charge >= 0.3 is 0 Å². The molecule has 0 heterocycles. The molecule has 0 aliphatic heterocycles. The van der Waals surface area contributed by atoms with Crippen LogP contribution in [0.2, 0.25) is 0 Å². The van der Waals surface area contributed by atoms with Crippen LogP contribution in [-0.4, -0.2) is 0 Å². The second kappa shape index (κ2) is 9.32. The minimum atomic E-state index is 1.21. The zero-order valence-electron chi connectivity index (χ0n) is 20.7. The molecule has 0 radical (unpaired) electrons. The predicted molar refractivity (Wildman–Crippen MR) is 159 cm³/mol. The standard InChI is InChI=1S/C36H28/c1-25-7-5-9-27(21-25)13-15-29-17-19-33-34-20-18-30(16-14-28-10-6-8-26(2)22-28)24-36(34)32-12-4-3-11-31(32)35(33)23-29/h3-24H,1-2H3. The summed E-state index contributed by atoms with van der Waals surface area (Å²) in [6.45, 7) is 4.27. The Balaban J connectivity index is 1.46. The summed E-state index contributed by atoms with van der Waals surface area (Å²) in [5, 5.41) is 7.78. The van der Waals surface area contributed by atoms with E-state index in [2.05, 4.69) is 147 Å². The molecule has 0 unspecified atom stereocenters. The topological polar surface area (TPSA) is 0 Å². The first-order valence-corrected chi connectivity index (χ1v) is 12.5. The van der Waals surface area contributed by atoms with Gasteiger partial charge in [-0.1, -0.05) is 132 Å². The molecule has 0 aliphatic carbocycles. The van der Waals surface area contributed by atoms with Crippen LogP contribution in [0.5, 0.6) is 0 Å². The van der Waals surface area contributed by atoms with Crippen LogP contribution in [0.25, 0.3) is 56.6 Å². The van der Waals surface area contributed by atoms with Gasteiger partial charge in [0.1, 0.15) is 0 Å². The number of hydrogen-bond donors (Lipinski definition) is 0. The van der Waals surface area contributed by atoms with Crippen molar-refractivity contribution in [2.45, 2.75) is 13.8 Å². The highest BCUT2D eigenvalue weighted by Gasteiger charge is 2.09. The number of benzene rings is 6. The molecule has 36 heavy (non-hydrogen) atoms. The SMILES string of the molecule is Cc1cccc(C=Cc2ccc3c4ccc(C=Cc5cccc(C)c5)cc4c4ccccc4c3c2)c1. The molecule has 0 N–H and O–H groups in total. The molecular formula is C36H28. The van der Waals surface area contributed by atoms with E-state index < -0.39 is 0 Å². The largest absolute Gasteiger partial charge is 0.0616 e. The third kappa shape index (κ3) is 4.34. The summed E-state index contributed by atoms with van der Waals surface area (Å²) >= 11 is 0. The van der Waals surface area contributed by atoms with E-state index in [1.165, 1.54) is 65.7 Å². The van der Waals surface area contributed by atoms with Gasteiger partial charge in [-0.25, -0.2) is 0 Å². The minimum absolute atomic E-state index is 1.21. The van der Waals surface area contributed by atoms with Crippen molar-refractivity contribution in [3.8, 4) is 0 Å². The van der Waals surface area contributed by atoms with E-state index in [4.69, 9.17) is 0 Å². The highest BCUT2D eigenvalue weighted by molar-refractivity contribution is 6.25. The van der Waals surface area contributed by atoms with Crippen molar-refractivity contribution in [2.75, 3.05) is 0 Å². The lowest BCUT2D eigenvalue weighted by Gasteiger charge is -2.12. The van der Waals surface area contributed by atoms with Crippen molar-refractivity contribution >= 4 is 56.6 Å². The fraction of sp³-hybridized carbons (Fsp3) is 0.0556. The number of fused-ring (bicyclic) bond motifs is 6. The van der Waals surface area contributed by atoms with Gasteiger partial charge in [0.2, 0.25) is 0 Å². The smallest absolute Gasteiger partial charge is 0.00930 e. The summed E-state index contributed by atoms with van der Waals surface area (Å²) < 4.78 is 0. The first-order chi connectivity index (χ1) is 17.6. The lowest BCUT2D eigenvalue weighted by atomic mass is 9.92. The second-order valence-corrected chi connectivity index (χ2v) is 9.65. The van der Waals surface area contributed by atoms with Crippen molar-refractivity contribution in [1.29, 1.82) is 0 Å². The number of rotatable bonds is 4. The van der Waals surface area contributed by atoms with Crippen LogP contribution in [0.1, 0.15) is 33.4 Å². The first-order valence-electron chi connectivity index (χ1n) is 12.5. The Labute approximate surface area is 212 Å². The van der Waals surface area contributed by atoms with Crippen LogP contribution in [0.3, 0.4) is 0 Å². The normalized spacial score (nSPS) is 11.9. The maximum atomic E-state index is 2.33. The molecule has 0 amide bonds. The molecule has 0 heteroatoms. The van der Waals surface area contributed by atoms with Crippen LogP contribution in [0.4, 0.5) is 0 Å². The molecule has 0 saturated carbocycles. The predicted octanol–water partition coefficient (Wildman–Crippen LogP) is 10.1. The van der Waals surface area contributed by atoms with E-state index in [1.807, 2.05) is 0 Å². The third-order valence-corrected chi connectivity index (χ3v) is 6.91. The van der Waals surface area contributed by atoms with Gasteiger partial charge in [-0.15, -0.1) is 0 Å². The first kappa shape index (κ1) is 22.1. The van der Waals surface area contributed by atoms with Gasteiger partial charge in [0.15, 0.2) is 0 Å². The Bertz CT molecular complexity index is 1640. The van der Waals surface area contributed by atoms with Gasteiger partial charge < -0.3 is 0 Å². The average Bonchev–Trinajstić information content (AvgIpc) is 2.91. The molecule has 0 atom stereocenters. The molecule has 6 aromatic rings. The van der Waals surface area contributed by atoms with Crippen molar-refractivity contribution in [2.24, 2.45) is 0 Å². The summed E-state index contributed by atoms with van der Waals surface area (Å²) in [5.74, 6) is 0. The summed E-state index contributed by atoms with van der Waals surface area (Å²) in [6, 6.07) is 39.7. The van der Waals surface area contributed by atoms with Gasteiger partial charge in [0.05, 0.1) is 0 Å². The highest BCUT2D eigenvalue weighted by Crippen LogP contribution is 2.36. The Morgan fingerprint density at radius 2 is 0.722 bits per heavy atom. The molecule has 0 spiro atoms. The molecule has 172 valence electrons. The monoisotopic (exact) mass is 460 g/mol. The fourth-order valence-corrected chi connectivity index (χ4v) is 5.13. The van der Waals surface area contributed by atoms with E-state index in [-0.39, 0.29) is 0 Å². The molecule has 0 aromatic heterocycles. The van der Waals surface area contributed by atoms with Crippen LogP contribution in [-0.2, 0) is 0 Å². The third-order valence-electron chi connectivity index (χ3n) is 6.91. The Hall–Kier alpha value is -4.42. The summed E-state index contributed by atoms with van der Waals surface area (Å²) in [6.07, 6.45) is 8.83. The molecular weight excluding hydrogens is 432 g/mol. The van der Waals surface area contributed by atoms with Crippen LogP contribution in [0.15, 0.2) is 109 Å². The number of aryl methyl sites for hydroxylation is 2. The highest BCUT2D eigenvalue weighted by atomic mass is 14.1. The molecule has 0 aliphatic rings. The van der Waals surface area contributed by atoms with Gasteiger partial charge in [0, 0.05) is 0 Å². The lowest BCUT2D eigenvalue weighted by Crippen LogP contribution is -1.85. The summed E-state index contributed by atoms with van der Waals surface area (Å²) in [7, 11) is 0. The Morgan fingerprint density at radius 1 is 0.333 bits per heavy atom. The maximum Gasteiger partial charge on any atom is -0.00930 e. The van der Waals surface area contributed by atoms with Gasteiger partial charge in [0.25, 0.3) is 0 Å². The average molecular weight is 461 g/mol. The fourth-order valence-electron chi connectivity index (χ4n) is 5.13. The van der Waals surface area contributed by atoms with Crippen LogP contribution < -0.4 is 0 Å². The van der Waals surface area contributed by atoms with E-state index in [0.29, 0.717) is 0 Å². The van der Waals surface area contributed by atoms with E-state index in [9.17, 15) is 0 Å². The van der Waals surface area contributed by atoms with E-state index >= 15 is 0 Å². The van der Waals surface area contributed by atoms with Crippen LogP contribution in [0, 0.1) is 13.8 Å². The quantitative estimate of drug-likeness (QED) is 0.181. The van der Waals surface area contributed by atoms with E-state index in [0.717, 1.165) is 0 Å². The molecule has 0 saturated heterocycles. The Morgan fingerprint density at radius 3 is 1.14 bits per heavy atom.